The van der Waals surface area contributed by atoms with Gasteiger partial charge in [-0.2, -0.15) is 4.98 Å². The van der Waals surface area contributed by atoms with Crippen molar-refractivity contribution in [3.05, 3.63) is 101 Å². The summed E-state index contributed by atoms with van der Waals surface area (Å²) in [6.45, 7) is 0. The Hall–Kier alpha value is -4.46. The van der Waals surface area contributed by atoms with Crippen molar-refractivity contribution in [2.24, 2.45) is 0 Å². The van der Waals surface area contributed by atoms with Crippen LogP contribution in [0.15, 0.2) is 83.4 Å². The van der Waals surface area contributed by atoms with Crippen LogP contribution in [0.1, 0.15) is 37.9 Å². The van der Waals surface area contributed by atoms with E-state index < -0.39 is 11.9 Å². The molecule has 1 atom stereocenters. The summed E-state index contributed by atoms with van der Waals surface area (Å²) < 4.78 is 10.7. The van der Waals surface area contributed by atoms with Crippen LogP contribution in [0, 0.1) is 0 Å². The quantitative estimate of drug-likeness (QED) is 0.368. The molecule has 158 valence electrons. The summed E-state index contributed by atoms with van der Waals surface area (Å²) in [6, 6.07) is 23.8. The Balaban J connectivity index is 1.28. The molecule has 1 aliphatic heterocycles. The second-order valence-corrected chi connectivity index (χ2v) is 7.25. The molecule has 1 aromatic heterocycles. The molecule has 1 aliphatic rings. The Labute approximate surface area is 183 Å². The number of cyclic esters (lactones) is 1. The largest absolute Gasteiger partial charge is 0.454 e. The van der Waals surface area contributed by atoms with Gasteiger partial charge in [0.25, 0.3) is 5.91 Å². The molecule has 0 saturated heterocycles. The fourth-order valence-electron chi connectivity index (χ4n) is 3.55. The van der Waals surface area contributed by atoms with Gasteiger partial charge < -0.3 is 9.26 Å². The molecule has 0 saturated carbocycles. The highest BCUT2D eigenvalue weighted by molar-refractivity contribution is 5.98. The summed E-state index contributed by atoms with van der Waals surface area (Å²) in [4.78, 5) is 29.3. The van der Waals surface area contributed by atoms with Gasteiger partial charge in [-0.05, 0) is 29.3 Å². The van der Waals surface area contributed by atoms with Crippen molar-refractivity contribution in [2.45, 2.75) is 12.5 Å². The third-order valence-electron chi connectivity index (χ3n) is 5.15. The number of nitrogens with one attached hydrogen (secondary N) is 2. The summed E-state index contributed by atoms with van der Waals surface area (Å²) in [7, 11) is 0. The molecule has 2 heterocycles. The highest BCUT2D eigenvalue weighted by Crippen LogP contribution is 2.31. The first-order valence-corrected chi connectivity index (χ1v) is 10.0. The molecule has 8 heteroatoms. The highest BCUT2D eigenvalue weighted by atomic mass is 16.5. The van der Waals surface area contributed by atoms with Crippen molar-refractivity contribution >= 4 is 17.9 Å². The molecule has 0 radical (unpaired) electrons. The molecule has 4 aromatic rings. The summed E-state index contributed by atoms with van der Waals surface area (Å²) >= 11 is 0. The number of amides is 1. The van der Waals surface area contributed by atoms with Crippen LogP contribution < -0.4 is 10.9 Å². The standard InChI is InChI=1S/C24H18N4O4/c29-22(26-27-24-25-21(28-32-24)16-9-5-2-6-10-16)17-11-12-19-18(13-17)14-20(31-23(19)30)15-7-3-1-4-8-15/h1-13,20H,14H2,(H,26,29)(H,25,27,28). The molecule has 8 nitrogen and oxygen atoms in total. The van der Waals surface area contributed by atoms with Crippen LogP contribution in [0.2, 0.25) is 0 Å². The predicted molar refractivity (Wildman–Crippen MR) is 116 cm³/mol. The smallest absolute Gasteiger partial charge is 0.340 e. The van der Waals surface area contributed by atoms with Crippen LogP contribution in [-0.2, 0) is 11.2 Å². The van der Waals surface area contributed by atoms with Gasteiger partial charge in [0, 0.05) is 17.5 Å². The highest BCUT2D eigenvalue weighted by Gasteiger charge is 2.28. The molecule has 3 aromatic carbocycles. The average Bonchev–Trinajstić information content (AvgIpc) is 3.32. The van der Waals surface area contributed by atoms with Crippen LogP contribution in [0.25, 0.3) is 11.4 Å². The third kappa shape index (κ3) is 3.93. The summed E-state index contributed by atoms with van der Waals surface area (Å²) in [6.07, 6.45) is 0.103. The second-order valence-electron chi connectivity index (χ2n) is 7.25. The van der Waals surface area contributed by atoms with E-state index in [2.05, 4.69) is 21.0 Å². The van der Waals surface area contributed by atoms with E-state index in [4.69, 9.17) is 9.26 Å². The number of ether oxygens (including phenoxy) is 1. The Morgan fingerprint density at radius 2 is 1.72 bits per heavy atom. The maximum absolute atomic E-state index is 12.6. The number of esters is 1. The van der Waals surface area contributed by atoms with Crippen molar-refractivity contribution in [3.63, 3.8) is 0 Å². The lowest BCUT2D eigenvalue weighted by atomic mass is 9.93. The van der Waals surface area contributed by atoms with Crippen molar-refractivity contribution in [1.29, 1.82) is 0 Å². The van der Waals surface area contributed by atoms with Gasteiger partial charge in [0.2, 0.25) is 5.82 Å². The Bertz CT molecular complexity index is 1270. The number of nitrogens with zero attached hydrogens (tertiary/aromatic N) is 2. The number of hydrazine groups is 1. The molecule has 0 fully saturated rings. The second kappa shape index (κ2) is 8.35. The van der Waals surface area contributed by atoms with Crippen LogP contribution >= 0.6 is 0 Å². The average molecular weight is 426 g/mol. The van der Waals surface area contributed by atoms with Gasteiger partial charge in [-0.15, -0.1) is 0 Å². The zero-order valence-electron chi connectivity index (χ0n) is 16.8. The van der Waals surface area contributed by atoms with Gasteiger partial charge in [-0.3, -0.25) is 10.2 Å². The van der Waals surface area contributed by atoms with Crippen LogP contribution in [-0.4, -0.2) is 22.0 Å². The molecular formula is C24H18N4O4. The number of rotatable bonds is 5. The summed E-state index contributed by atoms with van der Waals surface area (Å²) in [5.74, 6) is -0.395. The minimum atomic E-state index is -0.400. The zero-order valence-corrected chi connectivity index (χ0v) is 16.8. The number of fused-ring (bicyclic) bond motifs is 1. The molecular weight excluding hydrogens is 408 g/mol. The van der Waals surface area contributed by atoms with Crippen LogP contribution in [0.4, 0.5) is 6.01 Å². The minimum absolute atomic E-state index is 0.0582. The first kappa shape index (κ1) is 19.5. The molecule has 1 unspecified atom stereocenters. The number of anilines is 1. The van der Waals surface area contributed by atoms with Gasteiger partial charge in [-0.1, -0.05) is 65.8 Å². The molecule has 0 spiro atoms. The molecule has 1 amide bonds. The van der Waals surface area contributed by atoms with E-state index in [-0.39, 0.29) is 12.1 Å². The summed E-state index contributed by atoms with van der Waals surface area (Å²) in [5.41, 5.74) is 8.48. The predicted octanol–water partition coefficient (Wildman–Crippen LogP) is 3.95. The van der Waals surface area contributed by atoms with E-state index in [0.29, 0.717) is 23.4 Å². The summed E-state index contributed by atoms with van der Waals surface area (Å²) in [5, 5.41) is 3.89. The SMILES string of the molecule is O=C(NNc1nc(-c2ccccc2)no1)c1ccc2c(c1)CC(c1ccccc1)OC2=O. The third-order valence-corrected chi connectivity index (χ3v) is 5.15. The van der Waals surface area contributed by atoms with Gasteiger partial charge >= 0.3 is 12.0 Å². The topological polar surface area (TPSA) is 106 Å². The molecule has 0 aliphatic carbocycles. The maximum Gasteiger partial charge on any atom is 0.340 e. The van der Waals surface area contributed by atoms with Gasteiger partial charge in [0.1, 0.15) is 6.10 Å². The Morgan fingerprint density at radius 1 is 0.969 bits per heavy atom. The molecule has 2 N–H and O–H groups in total. The number of carbonyl (C=O) groups is 2. The first-order chi connectivity index (χ1) is 15.7. The lowest BCUT2D eigenvalue weighted by molar-refractivity contribution is 0.0252. The fourth-order valence-corrected chi connectivity index (χ4v) is 3.55. The number of hydrogen-bond acceptors (Lipinski definition) is 7. The van der Waals surface area contributed by atoms with Gasteiger partial charge in [-0.25, -0.2) is 10.2 Å². The lowest BCUT2D eigenvalue weighted by Gasteiger charge is -2.25. The molecule has 0 bridgehead atoms. The number of aromatic nitrogens is 2. The first-order valence-electron chi connectivity index (χ1n) is 10.0. The van der Waals surface area contributed by atoms with Gasteiger partial charge in [0.05, 0.1) is 5.56 Å². The minimum Gasteiger partial charge on any atom is -0.454 e. The normalized spacial score (nSPS) is 14.9. The van der Waals surface area contributed by atoms with Crippen molar-refractivity contribution in [1.82, 2.24) is 15.6 Å². The van der Waals surface area contributed by atoms with Crippen molar-refractivity contribution in [2.75, 3.05) is 5.43 Å². The lowest BCUT2D eigenvalue weighted by Crippen LogP contribution is -2.30. The zero-order chi connectivity index (χ0) is 21.9. The molecule has 5 rings (SSSR count). The number of carbonyl (C=O) groups excluding carboxylic acids is 2. The van der Waals surface area contributed by atoms with Crippen LogP contribution in [0.5, 0.6) is 0 Å². The monoisotopic (exact) mass is 426 g/mol. The van der Waals surface area contributed by atoms with E-state index in [0.717, 1.165) is 16.7 Å². The van der Waals surface area contributed by atoms with Crippen LogP contribution in [0.3, 0.4) is 0 Å². The van der Waals surface area contributed by atoms with E-state index in [1.54, 1.807) is 18.2 Å². The maximum atomic E-state index is 12.6. The van der Waals surface area contributed by atoms with Crippen molar-refractivity contribution < 1.29 is 18.8 Å². The van der Waals surface area contributed by atoms with Gasteiger partial charge in [0.15, 0.2) is 0 Å². The Morgan fingerprint density at radius 3 is 2.50 bits per heavy atom. The number of benzene rings is 3. The van der Waals surface area contributed by atoms with Crippen molar-refractivity contribution in [3.8, 4) is 11.4 Å². The van der Waals surface area contributed by atoms with E-state index in [1.807, 2.05) is 60.7 Å². The number of hydrogen-bond donors (Lipinski definition) is 2. The Kier molecular flexibility index (Phi) is 5.09. The fraction of sp³-hybridized carbons (Fsp3) is 0.0833. The van der Waals surface area contributed by atoms with E-state index in [1.165, 1.54) is 0 Å². The van der Waals surface area contributed by atoms with E-state index in [9.17, 15) is 9.59 Å². The molecule has 32 heavy (non-hydrogen) atoms. The van der Waals surface area contributed by atoms with E-state index >= 15 is 0 Å².